The molecule has 4 heteroatoms. The zero-order valence-electron chi connectivity index (χ0n) is 10.2. The Hall–Kier alpha value is -1.58. The molecule has 0 atom stereocenters. The van der Waals surface area contributed by atoms with E-state index in [1.165, 1.54) is 5.56 Å². The van der Waals surface area contributed by atoms with Gasteiger partial charge in [-0.3, -0.25) is 4.98 Å². The Morgan fingerprint density at radius 2 is 1.94 bits per heavy atom. The maximum absolute atomic E-state index is 9.07. The summed E-state index contributed by atoms with van der Waals surface area (Å²) in [5, 5.41) is 9.81. The van der Waals surface area contributed by atoms with Crippen molar-refractivity contribution in [2.24, 2.45) is 0 Å². The van der Waals surface area contributed by atoms with E-state index >= 15 is 0 Å². The molecule has 3 nitrogen and oxygen atoms in total. The molecule has 0 aliphatic rings. The highest BCUT2D eigenvalue weighted by Crippen LogP contribution is 2.17. The van der Waals surface area contributed by atoms with E-state index in [0.29, 0.717) is 5.69 Å². The number of hydrogen-bond donors (Lipinski definition) is 1. The minimum Gasteiger partial charge on any atom is -0.390 e. The van der Waals surface area contributed by atoms with E-state index in [0.717, 1.165) is 17.3 Å². The lowest BCUT2D eigenvalue weighted by Gasteiger charge is -2.19. The van der Waals surface area contributed by atoms with Gasteiger partial charge < -0.3 is 10.0 Å². The van der Waals surface area contributed by atoms with E-state index in [-0.39, 0.29) is 6.61 Å². The molecular formula is C14H15ClN2O. The molecule has 0 amide bonds. The Balaban J connectivity index is 2.11. The van der Waals surface area contributed by atoms with Crippen LogP contribution in [0.4, 0.5) is 5.69 Å². The van der Waals surface area contributed by atoms with E-state index in [1.54, 1.807) is 6.20 Å². The monoisotopic (exact) mass is 262 g/mol. The van der Waals surface area contributed by atoms with Crippen LogP contribution in [0.15, 0.2) is 42.6 Å². The smallest absolute Gasteiger partial charge is 0.0853 e. The highest BCUT2D eigenvalue weighted by atomic mass is 35.5. The summed E-state index contributed by atoms with van der Waals surface area (Å²) < 4.78 is 0. The predicted octanol–water partition coefficient (Wildman–Crippen LogP) is 2.86. The number of aromatic nitrogens is 1. The average molecular weight is 263 g/mol. The molecule has 0 saturated carbocycles. The molecule has 2 rings (SSSR count). The third-order valence-corrected chi connectivity index (χ3v) is 2.99. The summed E-state index contributed by atoms with van der Waals surface area (Å²) in [4.78, 5) is 6.17. The largest absolute Gasteiger partial charge is 0.390 e. The molecule has 2 aromatic rings. The number of aliphatic hydroxyl groups is 1. The molecule has 94 valence electrons. The van der Waals surface area contributed by atoms with Gasteiger partial charge in [0.1, 0.15) is 0 Å². The molecule has 0 saturated heterocycles. The van der Waals surface area contributed by atoms with Gasteiger partial charge in [-0.15, -0.1) is 0 Å². The molecule has 0 spiro atoms. The quantitative estimate of drug-likeness (QED) is 0.921. The second-order valence-corrected chi connectivity index (χ2v) is 4.58. The van der Waals surface area contributed by atoms with Crippen LogP contribution >= 0.6 is 11.6 Å². The number of rotatable bonds is 4. The molecule has 0 aliphatic carbocycles. The van der Waals surface area contributed by atoms with Crippen LogP contribution in [-0.2, 0) is 13.2 Å². The molecule has 1 N–H and O–H groups in total. The fraction of sp³-hybridized carbons (Fsp3) is 0.214. The average Bonchev–Trinajstić information content (AvgIpc) is 2.41. The molecule has 18 heavy (non-hydrogen) atoms. The van der Waals surface area contributed by atoms with Crippen molar-refractivity contribution in [3.63, 3.8) is 0 Å². The lowest BCUT2D eigenvalue weighted by Crippen LogP contribution is -2.16. The first kappa shape index (κ1) is 12.9. The van der Waals surface area contributed by atoms with Gasteiger partial charge in [-0.25, -0.2) is 0 Å². The van der Waals surface area contributed by atoms with Crippen LogP contribution in [0.2, 0.25) is 5.02 Å². The molecule has 0 fully saturated rings. The van der Waals surface area contributed by atoms with Crippen LogP contribution in [0.25, 0.3) is 0 Å². The summed E-state index contributed by atoms with van der Waals surface area (Å²) in [5.41, 5.74) is 2.89. The molecule has 0 bridgehead atoms. The summed E-state index contributed by atoms with van der Waals surface area (Å²) >= 11 is 5.86. The van der Waals surface area contributed by atoms with Crippen molar-refractivity contribution in [3.05, 3.63) is 58.9 Å². The maximum Gasteiger partial charge on any atom is 0.0853 e. The van der Waals surface area contributed by atoms with Crippen LogP contribution in [0.5, 0.6) is 0 Å². The van der Waals surface area contributed by atoms with Crippen LogP contribution in [0, 0.1) is 0 Å². The molecule has 1 aromatic heterocycles. The van der Waals surface area contributed by atoms with E-state index in [2.05, 4.69) is 9.88 Å². The zero-order chi connectivity index (χ0) is 13.0. The summed E-state index contributed by atoms with van der Waals surface area (Å²) in [6, 6.07) is 11.6. The fourth-order valence-electron chi connectivity index (χ4n) is 1.74. The van der Waals surface area contributed by atoms with Crippen molar-refractivity contribution in [2.75, 3.05) is 11.9 Å². The normalized spacial score (nSPS) is 10.4. The van der Waals surface area contributed by atoms with Gasteiger partial charge in [-0.05, 0) is 29.8 Å². The first-order valence-corrected chi connectivity index (χ1v) is 6.08. The Morgan fingerprint density at radius 1 is 1.22 bits per heavy atom. The molecule has 1 aromatic carbocycles. The minimum absolute atomic E-state index is 0.0391. The highest BCUT2D eigenvalue weighted by Gasteiger charge is 2.03. The standard InChI is InChI=1S/C14H15ClN2O/c1-17(9-11-2-4-12(15)5-3-11)14-6-7-16-13(8-14)10-18/h2-8,18H,9-10H2,1H3. The lowest BCUT2D eigenvalue weighted by molar-refractivity contribution is 0.277. The van der Waals surface area contributed by atoms with Crippen molar-refractivity contribution in [3.8, 4) is 0 Å². The number of pyridine rings is 1. The fourth-order valence-corrected chi connectivity index (χ4v) is 1.87. The van der Waals surface area contributed by atoms with Crippen LogP contribution in [0.1, 0.15) is 11.3 Å². The Bertz CT molecular complexity index is 513. The second-order valence-electron chi connectivity index (χ2n) is 4.15. The third kappa shape index (κ3) is 3.22. The summed E-state index contributed by atoms with van der Waals surface area (Å²) in [5.74, 6) is 0. The van der Waals surface area contributed by atoms with E-state index < -0.39 is 0 Å². The first-order chi connectivity index (χ1) is 8.69. The summed E-state index contributed by atoms with van der Waals surface area (Å²) in [6.07, 6.45) is 1.71. The third-order valence-electron chi connectivity index (χ3n) is 2.74. The molecule has 0 unspecified atom stereocenters. The molecule has 1 heterocycles. The predicted molar refractivity (Wildman–Crippen MR) is 73.7 cm³/mol. The molecule has 0 aliphatic heterocycles. The van der Waals surface area contributed by atoms with E-state index in [1.807, 2.05) is 43.4 Å². The first-order valence-electron chi connectivity index (χ1n) is 5.70. The lowest BCUT2D eigenvalue weighted by atomic mass is 10.2. The van der Waals surface area contributed by atoms with Gasteiger partial charge in [0.2, 0.25) is 0 Å². The Labute approximate surface area is 112 Å². The number of hydrogen-bond acceptors (Lipinski definition) is 3. The second kappa shape index (κ2) is 5.85. The van der Waals surface area contributed by atoms with Crippen LogP contribution in [0.3, 0.4) is 0 Å². The van der Waals surface area contributed by atoms with Crippen molar-refractivity contribution in [1.29, 1.82) is 0 Å². The Kier molecular flexibility index (Phi) is 4.18. The van der Waals surface area contributed by atoms with E-state index in [4.69, 9.17) is 16.7 Å². The number of anilines is 1. The molecule has 0 radical (unpaired) electrons. The number of nitrogens with zero attached hydrogens (tertiary/aromatic N) is 2. The van der Waals surface area contributed by atoms with Gasteiger partial charge in [0.05, 0.1) is 12.3 Å². The minimum atomic E-state index is -0.0391. The van der Waals surface area contributed by atoms with Crippen molar-refractivity contribution in [1.82, 2.24) is 4.98 Å². The highest BCUT2D eigenvalue weighted by molar-refractivity contribution is 6.30. The summed E-state index contributed by atoms with van der Waals surface area (Å²) in [7, 11) is 2.01. The maximum atomic E-state index is 9.07. The van der Waals surface area contributed by atoms with Crippen LogP contribution < -0.4 is 4.90 Å². The number of aliphatic hydroxyl groups excluding tert-OH is 1. The van der Waals surface area contributed by atoms with Gasteiger partial charge in [0, 0.05) is 30.5 Å². The Morgan fingerprint density at radius 3 is 2.61 bits per heavy atom. The zero-order valence-corrected chi connectivity index (χ0v) is 10.9. The topological polar surface area (TPSA) is 36.4 Å². The van der Waals surface area contributed by atoms with Gasteiger partial charge in [-0.2, -0.15) is 0 Å². The SMILES string of the molecule is CN(Cc1ccc(Cl)cc1)c1ccnc(CO)c1. The van der Waals surface area contributed by atoms with Crippen LogP contribution in [-0.4, -0.2) is 17.1 Å². The van der Waals surface area contributed by atoms with Gasteiger partial charge >= 0.3 is 0 Å². The van der Waals surface area contributed by atoms with Crippen molar-refractivity contribution < 1.29 is 5.11 Å². The van der Waals surface area contributed by atoms with E-state index in [9.17, 15) is 0 Å². The van der Waals surface area contributed by atoms with Gasteiger partial charge in [0.15, 0.2) is 0 Å². The van der Waals surface area contributed by atoms with Crippen molar-refractivity contribution in [2.45, 2.75) is 13.2 Å². The summed E-state index contributed by atoms with van der Waals surface area (Å²) in [6.45, 7) is 0.745. The van der Waals surface area contributed by atoms with Gasteiger partial charge in [0.25, 0.3) is 0 Å². The number of benzene rings is 1. The number of halogens is 1. The van der Waals surface area contributed by atoms with Gasteiger partial charge in [-0.1, -0.05) is 23.7 Å². The molecular weight excluding hydrogens is 248 g/mol. The van der Waals surface area contributed by atoms with Crippen molar-refractivity contribution >= 4 is 17.3 Å².